The first-order valence-electron chi connectivity index (χ1n) is 14.2. The fourth-order valence-corrected chi connectivity index (χ4v) is 5.97. The molecule has 224 valence electrons. The van der Waals surface area contributed by atoms with Crippen molar-refractivity contribution in [3.05, 3.63) is 127 Å². The standard InChI is InChI=1S/C34H27ClN6O3S/c35-30-14-13-28(45-30)22-37-33-29(21-36)32(38-41(33)34(43)25-9-5-2-6-10-25)26-19-27(12-11-24-7-3-1-4-8-24)40(31(42)20-26)23-39-15-17-44-18-16-39/h1-10,13-14,19-20,37H,15-18,22-23H2. The Morgan fingerprint density at radius 1 is 1.00 bits per heavy atom. The molecule has 0 saturated carbocycles. The van der Waals surface area contributed by atoms with E-state index < -0.39 is 5.91 Å². The molecule has 1 saturated heterocycles. The number of thiophene rings is 1. The quantitative estimate of drug-likeness (QED) is 0.243. The monoisotopic (exact) mass is 634 g/mol. The highest BCUT2D eigenvalue weighted by molar-refractivity contribution is 7.16. The highest BCUT2D eigenvalue weighted by Crippen LogP contribution is 2.30. The average Bonchev–Trinajstić information content (AvgIpc) is 3.67. The van der Waals surface area contributed by atoms with Gasteiger partial charge in [0.2, 0.25) is 0 Å². The molecule has 11 heteroatoms. The van der Waals surface area contributed by atoms with Crippen LogP contribution in [0.3, 0.4) is 0 Å². The molecule has 1 N–H and O–H groups in total. The molecule has 0 bridgehead atoms. The van der Waals surface area contributed by atoms with Crippen LogP contribution in [0.25, 0.3) is 11.3 Å². The third-order valence-corrected chi connectivity index (χ3v) is 8.46. The van der Waals surface area contributed by atoms with Gasteiger partial charge in [0.05, 0.1) is 36.5 Å². The number of nitrogens with zero attached hydrogens (tertiary/aromatic N) is 5. The van der Waals surface area contributed by atoms with Gasteiger partial charge < -0.3 is 10.1 Å². The molecule has 9 nitrogen and oxygen atoms in total. The van der Waals surface area contributed by atoms with Gasteiger partial charge in [-0.05, 0) is 48.4 Å². The Morgan fingerprint density at radius 2 is 1.73 bits per heavy atom. The van der Waals surface area contributed by atoms with E-state index >= 15 is 0 Å². The summed E-state index contributed by atoms with van der Waals surface area (Å²) in [6.45, 7) is 3.20. The smallest absolute Gasteiger partial charge is 0.280 e. The number of pyridine rings is 1. The summed E-state index contributed by atoms with van der Waals surface area (Å²) in [6.07, 6.45) is 0. The minimum Gasteiger partial charge on any atom is -0.379 e. The summed E-state index contributed by atoms with van der Waals surface area (Å²) in [7, 11) is 0. The van der Waals surface area contributed by atoms with E-state index in [9.17, 15) is 14.9 Å². The Morgan fingerprint density at radius 3 is 2.42 bits per heavy atom. The van der Waals surface area contributed by atoms with Crippen LogP contribution in [0.5, 0.6) is 0 Å². The zero-order valence-corrected chi connectivity index (χ0v) is 25.6. The van der Waals surface area contributed by atoms with Gasteiger partial charge in [0.1, 0.15) is 17.3 Å². The van der Waals surface area contributed by atoms with Crippen LogP contribution in [0.15, 0.2) is 89.7 Å². The summed E-state index contributed by atoms with van der Waals surface area (Å²) < 4.78 is 8.91. The van der Waals surface area contributed by atoms with E-state index in [1.54, 1.807) is 41.0 Å². The van der Waals surface area contributed by atoms with Crippen LogP contribution >= 0.6 is 22.9 Å². The number of morpholine rings is 1. The van der Waals surface area contributed by atoms with Gasteiger partial charge in [-0.1, -0.05) is 53.9 Å². The highest BCUT2D eigenvalue weighted by atomic mass is 35.5. The maximum atomic E-state index is 13.7. The molecule has 1 aliphatic rings. The van der Waals surface area contributed by atoms with Crippen LogP contribution in [0.4, 0.5) is 5.82 Å². The number of aromatic nitrogens is 3. The van der Waals surface area contributed by atoms with E-state index in [0.717, 1.165) is 10.4 Å². The Hall–Kier alpha value is -4.97. The summed E-state index contributed by atoms with van der Waals surface area (Å²) in [6, 6.07) is 27.3. The molecule has 4 heterocycles. The van der Waals surface area contributed by atoms with Crippen LogP contribution in [-0.4, -0.2) is 51.5 Å². The van der Waals surface area contributed by atoms with Crippen molar-refractivity contribution in [1.82, 2.24) is 19.2 Å². The molecule has 6 rings (SSSR count). The fourth-order valence-electron chi connectivity index (χ4n) is 4.94. The SMILES string of the molecule is N#Cc1c(-c2cc(C#Cc3ccccc3)n(CN3CCOCC3)c(=O)c2)nn(C(=O)c2ccccc2)c1NCc1ccc(Cl)s1. The number of hydrogen-bond donors (Lipinski definition) is 1. The molecular weight excluding hydrogens is 608 g/mol. The van der Waals surface area contributed by atoms with Crippen LogP contribution < -0.4 is 10.9 Å². The number of benzene rings is 2. The van der Waals surface area contributed by atoms with E-state index in [1.165, 1.54) is 22.1 Å². The van der Waals surface area contributed by atoms with Crippen molar-refractivity contribution < 1.29 is 9.53 Å². The first kappa shape index (κ1) is 30.1. The number of carbonyl (C=O) groups excluding carboxylic acids is 1. The molecule has 0 unspecified atom stereocenters. The second-order valence-corrected chi connectivity index (χ2v) is 12.0. The summed E-state index contributed by atoms with van der Waals surface area (Å²) in [5, 5.41) is 18.2. The average molecular weight is 635 g/mol. The molecule has 0 radical (unpaired) electrons. The van der Waals surface area contributed by atoms with Gasteiger partial charge in [-0.3, -0.25) is 19.1 Å². The number of nitrogens with one attached hydrogen (secondary N) is 1. The predicted octanol–water partition coefficient (Wildman–Crippen LogP) is 5.29. The number of halogens is 1. The number of nitriles is 1. The third-order valence-electron chi connectivity index (χ3n) is 7.22. The topological polar surface area (TPSA) is 105 Å². The fraction of sp³-hybridized carbons (Fsp3) is 0.176. The van der Waals surface area contributed by atoms with Crippen molar-refractivity contribution in [3.8, 4) is 29.2 Å². The molecule has 3 aromatic heterocycles. The van der Waals surface area contributed by atoms with Crippen molar-refractivity contribution in [2.45, 2.75) is 13.2 Å². The Bertz CT molecular complexity index is 1990. The molecule has 0 aliphatic carbocycles. The van der Waals surface area contributed by atoms with Gasteiger partial charge in [0.15, 0.2) is 5.82 Å². The molecular formula is C34H27ClN6O3S. The zero-order valence-electron chi connectivity index (χ0n) is 24.1. The van der Waals surface area contributed by atoms with Crippen LogP contribution in [0.1, 0.15) is 32.1 Å². The van der Waals surface area contributed by atoms with Gasteiger partial charge in [-0.2, -0.15) is 15.0 Å². The normalized spacial score (nSPS) is 13.1. The third kappa shape index (κ3) is 6.91. The largest absolute Gasteiger partial charge is 0.379 e. The van der Waals surface area contributed by atoms with Gasteiger partial charge in [0.25, 0.3) is 11.5 Å². The number of rotatable bonds is 7. The lowest BCUT2D eigenvalue weighted by atomic mass is 10.1. The molecule has 45 heavy (non-hydrogen) atoms. The lowest BCUT2D eigenvalue weighted by Crippen LogP contribution is -2.40. The molecule has 1 aliphatic heterocycles. The van der Waals surface area contributed by atoms with E-state index in [0.29, 0.717) is 60.7 Å². The van der Waals surface area contributed by atoms with Crippen molar-refractivity contribution >= 4 is 34.7 Å². The van der Waals surface area contributed by atoms with Gasteiger partial charge in [-0.25, -0.2) is 0 Å². The lowest BCUT2D eigenvalue weighted by molar-refractivity contribution is 0.0227. The van der Waals surface area contributed by atoms with Crippen LogP contribution in [-0.2, 0) is 18.0 Å². The number of hydrogen-bond acceptors (Lipinski definition) is 8. The van der Waals surface area contributed by atoms with Crippen molar-refractivity contribution in [2.75, 3.05) is 31.6 Å². The van der Waals surface area contributed by atoms with E-state index in [4.69, 9.17) is 16.3 Å². The number of carbonyl (C=O) groups is 1. The van der Waals surface area contributed by atoms with E-state index in [2.05, 4.69) is 33.2 Å². The number of ether oxygens (including phenoxy) is 1. The molecule has 5 aromatic rings. The van der Waals surface area contributed by atoms with E-state index in [1.807, 2.05) is 42.5 Å². The minimum absolute atomic E-state index is 0.134. The first-order valence-corrected chi connectivity index (χ1v) is 15.4. The summed E-state index contributed by atoms with van der Waals surface area (Å²) >= 11 is 7.52. The molecule has 2 aromatic carbocycles. The maximum Gasteiger partial charge on any atom is 0.280 e. The zero-order chi connectivity index (χ0) is 31.2. The number of anilines is 1. The Balaban J connectivity index is 1.47. The lowest BCUT2D eigenvalue weighted by Gasteiger charge is -2.27. The molecule has 0 atom stereocenters. The van der Waals surface area contributed by atoms with Gasteiger partial charge in [0, 0.05) is 40.7 Å². The maximum absolute atomic E-state index is 13.7. The minimum atomic E-state index is -0.421. The van der Waals surface area contributed by atoms with Crippen LogP contribution in [0, 0.1) is 23.2 Å². The van der Waals surface area contributed by atoms with Gasteiger partial charge >= 0.3 is 0 Å². The Kier molecular flexibility index (Phi) is 9.20. The van der Waals surface area contributed by atoms with Gasteiger partial charge in [-0.15, -0.1) is 11.3 Å². The predicted molar refractivity (Wildman–Crippen MR) is 174 cm³/mol. The molecule has 1 fully saturated rings. The first-order chi connectivity index (χ1) is 22.0. The van der Waals surface area contributed by atoms with Crippen molar-refractivity contribution in [2.24, 2.45) is 0 Å². The van der Waals surface area contributed by atoms with E-state index in [-0.39, 0.29) is 22.6 Å². The second-order valence-electron chi connectivity index (χ2n) is 10.2. The highest BCUT2D eigenvalue weighted by Gasteiger charge is 2.25. The Labute approximate surface area is 268 Å². The molecule has 0 amide bonds. The second kappa shape index (κ2) is 13.8. The van der Waals surface area contributed by atoms with Crippen molar-refractivity contribution in [3.63, 3.8) is 0 Å². The summed E-state index contributed by atoms with van der Waals surface area (Å²) in [5.74, 6) is 6.12. The molecule has 0 spiro atoms. The summed E-state index contributed by atoms with van der Waals surface area (Å²) in [4.78, 5) is 30.4. The summed E-state index contributed by atoms with van der Waals surface area (Å²) in [5.41, 5.74) is 2.07. The van der Waals surface area contributed by atoms with Crippen molar-refractivity contribution in [1.29, 1.82) is 5.26 Å². The van der Waals surface area contributed by atoms with Crippen LogP contribution in [0.2, 0.25) is 4.34 Å².